The average Bonchev–Trinajstić information content (AvgIpc) is 2.95. The predicted molar refractivity (Wildman–Crippen MR) is 90.3 cm³/mol. The van der Waals surface area contributed by atoms with Crippen molar-refractivity contribution in [2.24, 2.45) is 0 Å². The van der Waals surface area contributed by atoms with Crippen LogP contribution < -0.4 is 20.9 Å². The predicted octanol–water partition coefficient (Wildman–Crippen LogP) is 3.27. The van der Waals surface area contributed by atoms with Gasteiger partial charge in [-0.05, 0) is 24.3 Å². The van der Waals surface area contributed by atoms with Crippen LogP contribution in [0.15, 0.2) is 53.9 Å². The van der Waals surface area contributed by atoms with Crippen molar-refractivity contribution >= 4 is 38.9 Å². The van der Waals surface area contributed by atoms with Gasteiger partial charge in [-0.2, -0.15) is 0 Å². The molecule has 2 aromatic carbocycles. The molecule has 0 spiro atoms. The molecule has 1 saturated heterocycles. The van der Waals surface area contributed by atoms with Crippen LogP contribution in [0.5, 0.6) is 0 Å². The van der Waals surface area contributed by atoms with Crippen LogP contribution in [0.3, 0.4) is 0 Å². The van der Waals surface area contributed by atoms with Gasteiger partial charge in [0.05, 0.1) is 22.8 Å². The summed E-state index contributed by atoms with van der Waals surface area (Å²) in [4.78, 5) is 12.8. The largest absolute Gasteiger partial charge is 0.355 e. The van der Waals surface area contributed by atoms with Gasteiger partial charge in [0.1, 0.15) is 5.70 Å². The molecule has 0 unspecified atom stereocenters. The van der Waals surface area contributed by atoms with Gasteiger partial charge in [0.25, 0.3) is 5.91 Å². The quantitative estimate of drug-likeness (QED) is 0.770. The van der Waals surface area contributed by atoms with Gasteiger partial charge >= 0.3 is 0 Å². The number of hydrogen-bond donors (Lipinski definition) is 2. The lowest BCUT2D eigenvalue weighted by atomic mass is 10.1. The van der Waals surface area contributed by atoms with Crippen molar-refractivity contribution in [1.82, 2.24) is 5.53 Å². The van der Waals surface area contributed by atoms with Crippen LogP contribution in [0.25, 0.3) is 0 Å². The maximum atomic E-state index is 13.5. The van der Waals surface area contributed by atoms with Crippen molar-refractivity contribution in [3.8, 4) is 0 Å². The topological polar surface area (TPSA) is 47.6 Å². The summed E-state index contributed by atoms with van der Waals surface area (Å²) in [5.74, 6) is -2.34. The first-order chi connectivity index (χ1) is 11.6. The molecule has 122 valence electrons. The van der Waals surface area contributed by atoms with Crippen molar-refractivity contribution in [1.29, 1.82) is 0 Å². The lowest BCUT2D eigenvalue weighted by Crippen LogP contribution is -2.41. The minimum Gasteiger partial charge on any atom is -0.355 e. The van der Waals surface area contributed by atoms with Gasteiger partial charge < -0.3 is 5.32 Å². The summed E-state index contributed by atoms with van der Waals surface area (Å²) in [6, 6.07) is 10.8. The zero-order valence-electron chi connectivity index (χ0n) is 12.2. The first-order valence-corrected chi connectivity index (χ1v) is 8.23. The Hall–Kier alpha value is -2.45. The van der Waals surface area contributed by atoms with E-state index in [2.05, 4.69) is 26.8 Å². The first-order valence-electron chi connectivity index (χ1n) is 7.11. The maximum absolute atomic E-state index is 13.5. The highest BCUT2D eigenvalue weighted by atomic mass is 79.9. The van der Waals surface area contributed by atoms with Crippen LogP contribution in [0.2, 0.25) is 0 Å². The van der Waals surface area contributed by atoms with Crippen LogP contribution in [-0.2, 0) is 4.79 Å². The third-order valence-electron chi connectivity index (χ3n) is 3.84. The van der Waals surface area contributed by atoms with E-state index in [0.717, 1.165) is 23.5 Å². The van der Waals surface area contributed by atoms with Crippen molar-refractivity contribution in [2.45, 2.75) is 0 Å². The molecule has 4 rings (SSSR count). The molecule has 2 aromatic rings. The SMILES string of the molecule is O=C1C2=C(CBr)Nc3ccccc3N2NN1c1ccc(F)c(F)c1. The van der Waals surface area contributed by atoms with E-state index in [1.54, 1.807) is 5.01 Å². The second-order valence-electron chi connectivity index (χ2n) is 5.28. The Morgan fingerprint density at radius 3 is 2.58 bits per heavy atom. The fourth-order valence-electron chi connectivity index (χ4n) is 2.73. The van der Waals surface area contributed by atoms with Crippen LogP contribution in [0.4, 0.5) is 25.8 Å². The summed E-state index contributed by atoms with van der Waals surface area (Å²) in [5, 5.41) is 6.46. The van der Waals surface area contributed by atoms with Crippen molar-refractivity contribution in [3.63, 3.8) is 0 Å². The molecule has 5 nitrogen and oxygen atoms in total. The minimum atomic E-state index is -1.01. The van der Waals surface area contributed by atoms with Crippen molar-refractivity contribution in [2.75, 3.05) is 20.7 Å². The zero-order valence-corrected chi connectivity index (χ0v) is 13.8. The molecule has 0 radical (unpaired) electrons. The average molecular weight is 393 g/mol. The molecule has 2 aliphatic heterocycles. The van der Waals surface area contributed by atoms with Crippen molar-refractivity contribution in [3.05, 3.63) is 65.5 Å². The summed E-state index contributed by atoms with van der Waals surface area (Å²) >= 11 is 3.37. The third-order valence-corrected chi connectivity index (χ3v) is 4.40. The number of carbonyl (C=O) groups is 1. The fraction of sp³-hybridized carbons (Fsp3) is 0.0625. The fourth-order valence-corrected chi connectivity index (χ4v) is 3.13. The Bertz CT molecular complexity index is 886. The molecule has 1 amide bonds. The van der Waals surface area contributed by atoms with Gasteiger partial charge in [-0.1, -0.05) is 28.1 Å². The Morgan fingerprint density at radius 1 is 1.04 bits per heavy atom. The molecule has 24 heavy (non-hydrogen) atoms. The molecule has 0 atom stereocenters. The third kappa shape index (κ3) is 2.18. The van der Waals surface area contributed by atoms with Gasteiger partial charge in [-0.25, -0.2) is 18.8 Å². The van der Waals surface area contributed by atoms with Gasteiger partial charge in [0.15, 0.2) is 11.6 Å². The molecule has 0 bridgehead atoms. The number of amides is 1. The number of rotatable bonds is 2. The van der Waals surface area contributed by atoms with E-state index in [1.807, 2.05) is 24.3 Å². The molecule has 2 heterocycles. The number of allylic oxidation sites excluding steroid dienone is 1. The van der Waals surface area contributed by atoms with Gasteiger partial charge in [-0.3, -0.25) is 4.79 Å². The number of hydrogen-bond acceptors (Lipinski definition) is 4. The van der Waals surface area contributed by atoms with E-state index in [1.165, 1.54) is 11.1 Å². The maximum Gasteiger partial charge on any atom is 0.294 e. The van der Waals surface area contributed by atoms with E-state index in [0.29, 0.717) is 16.7 Å². The molecule has 1 fully saturated rings. The Balaban J connectivity index is 1.80. The highest BCUT2D eigenvalue weighted by molar-refractivity contribution is 9.09. The number of para-hydroxylation sites is 2. The lowest BCUT2D eigenvalue weighted by molar-refractivity contribution is -0.114. The van der Waals surface area contributed by atoms with Gasteiger partial charge in [0.2, 0.25) is 0 Å². The standard InChI is InChI=1S/C16H11BrF2N4O/c17-8-13-15-16(24)22(9-5-6-10(18)11(19)7-9)21-23(15)14-4-2-1-3-12(14)20-13/h1-7,20-21H,8H2. The minimum absolute atomic E-state index is 0.215. The van der Waals surface area contributed by atoms with Gasteiger partial charge in [-0.15, -0.1) is 5.53 Å². The van der Waals surface area contributed by atoms with Crippen LogP contribution >= 0.6 is 15.9 Å². The second-order valence-corrected chi connectivity index (χ2v) is 5.84. The molecule has 0 aromatic heterocycles. The van der Waals surface area contributed by atoms with Crippen LogP contribution in [-0.4, -0.2) is 11.2 Å². The number of halogens is 3. The van der Waals surface area contributed by atoms with E-state index in [4.69, 9.17) is 0 Å². The second kappa shape index (κ2) is 5.57. The molecular weight excluding hydrogens is 382 g/mol. The van der Waals surface area contributed by atoms with Gasteiger partial charge in [0, 0.05) is 11.4 Å². The number of nitrogens with zero attached hydrogens (tertiary/aromatic N) is 2. The molecule has 8 heteroatoms. The molecule has 0 saturated carbocycles. The monoisotopic (exact) mass is 392 g/mol. The number of anilines is 3. The van der Waals surface area contributed by atoms with Crippen LogP contribution in [0.1, 0.15) is 0 Å². The van der Waals surface area contributed by atoms with E-state index < -0.39 is 11.6 Å². The zero-order chi connectivity index (χ0) is 16.8. The summed E-state index contributed by atoms with van der Waals surface area (Å²) in [7, 11) is 0. The van der Waals surface area contributed by atoms with Crippen LogP contribution in [0, 0.1) is 11.6 Å². The smallest absolute Gasteiger partial charge is 0.294 e. The highest BCUT2D eigenvalue weighted by Crippen LogP contribution is 2.38. The summed E-state index contributed by atoms with van der Waals surface area (Å²) in [6.45, 7) is 0. The number of carbonyl (C=O) groups excluding carboxylic acids is 1. The number of fused-ring (bicyclic) bond motifs is 3. The molecule has 2 aliphatic rings. The number of alkyl halides is 1. The Labute approximate surface area is 144 Å². The molecule has 2 N–H and O–H groups in total. The van der Waals surface area contributed by atoms with Crippen molar-refractivity contribution < 1.29 is 13.6 Å². The summed E-state index contributed by atoms with van der Waals surface area (Å²) in [5.41, 5.74) is 5.82. The molecule has 0 aliphatic carbocycles. The van der Waals surface area contributed by atoms with E-state index >= 15 is 0 Å². The Kier molecular flexibility index (Phi) is 3.50. The van der Waals surface area contributed by atoms with E-state index in [9.17, 15) is 13.6 Å². The number of benzene rings is 2. The highest BCUT2D eigenvalue weighted by Gasteiger charge is 2.40. The normalized spacial score (nSPS) is 16.2. The molecular formula is C16H11BrF2N4O. The van der Waals surface area contributed by atoms with E-state index in [-0.39, 0.29) is 11.6 Å². The number of hydrazine groups is 2. The summed E-state index contributed by atoms with van der Waals surface area (Å²) < 4.78 is 26.7. The number of nitrogens with one attached hydrogen (secondary N) is 2. The summed E-state index contributed by atoms with van der Waals surface area (Å²) in [6.07, 6.45) is 0. The lowest BCUT2D eigenvalue weighted by Gasteiger charge is -2.28. The Morgan fingerprint density at radius 2 is 1.83 bits per heavy atom. The first kappa shape index (κ1) is 15.1.